The van der Waals surface area contributed by atoms with E-state index in [0.717, 1.165) is 11.3 Å². The van der Waals surface area contributed by atoms with E-state index in [2.05, 4.69) is 0 Å². The zero-order valence-electron chi connectivity index (χ0n) is 11.1. The summed E-state index contributed by atoms with van der Waals surface area (Å²) in [4.78, 5) is 14.0. The van der Waals surface area contributed by atoms with Gasteiger partial charge in [0.1, 0.15) is 0 Å². The van der Waals surface area contributed by atoms with Gasteiger partial charge in [0.25, 0.3) is 0 Å². The number of benzene rings is 1. The standard InChI is InChI=1S/C14H22N2O/c1-10(2)14(17)16(11(3)4)9-12-6-5-7-13(15)8-12/h5-8,10-11H,9,15H2,1-4H3. The highest BCUT2D eigenvalue weighted by Gasteiger charge is 2.19. The van der Waals surface area contributed by atoms with Gasteiger partial charge in [0.15, 0.2) is 0 Å². The average molecular weight is 234 g/mol. The Morgan fingerprint density at radius 3 is 2.41 bits per heavy atom. The van der Waals surface area contributed by atoms with E-state index >= 15 is 0 Å². The molecule has 0 atom stereocenters. The molecule has 0 saturated heterocycles. The molecule has 0 unspecified atom stereocenters. The molecule has 3 heteroatoms. The topological polar surface area (TPSA) is 46.3 Å². The summed E-state index contributed by atoms with van der Waals surface area (Å²) in [7, 11) is 0. The third-order valence-corrected chi connectivity index (χ3v) is 2.70. The Labute approximate surface area is 104 Å². The van der Waals surface area contributed by atoms with Crippen LogP contribution in [0.2, 0.25) is 0 Å². The Bertz CT molecular complexity index is 386. The normalized spacial score (nSPS) is 10.9. The highest BCUT2D eigenvalue weighted by molar-refractivity contribution is 5.78. The first-order valence-electron chi connectivity index (χ1n) is 6.06. The fourth-order valence-corrected chi connectivity index (χ4v) is 1.73. The molecule has 0 radical (unpaired) electrons. The van der Waals surface area contributed by atoms with E-state index in [-0.39, 0.29) is 17.9 Å². The molecule has 2 N–H and O–H groups in total. The Hall–Kier alpha value is -1.51. The van der Waals surface area contributed by atoms with Gasteiger partial charge < -0.3 is 10.6 Å². The van der Waals surface area contributed by atoms with Crippen molar-refractivity contribution in [1.29, 1.82) is 0 Å². The van der Waals surface area contributed by atoms with E-state index in [1.165, 1.54) is 0 Å². The minimum absolute atomic E-state index is 0.0264. The monoisotopic (exact) mass is 234 g/mol. The van der Waals surface area contributed by atoms with Crippen molar-refractivity contribution in [2.24, 2.45) is 5.92 Å². The van der Waals surface area contributed by atoms with E-state index in [4.69, 9.17) is 5.73 Å². The second kappa shape index (κ2) is 5.71. The van der Waals surface area contributed by atoms with Crippen LogP contribution in [0, 0.1) is 5.92 Å². The van der Waals surface area contributed by atoms with Crippen molar-refractivity contribution in [1.82, 2.24) is 4.90 Å². The van der Waals surface area contributed by atoms with E-state index in [1.807, 2.05) is 56.9 Å². The van der Waals surface area contributed by atoms with Gasteiger partial charge in [0.2, 0.25) is 5.91 Å². The van der Waals surface area contributed by atoms with Crippen LogP contribution in [0.3, 0.4) is 0 Å². The van der Waals surface area contributed by atoms with E-state index in [1.54, 1.807) is 0 Å². The second-order valence-corrected chi connectivity index (χ2v) is 4.96. The van der Waals surface area contributed by atoms with Gasteiger partial charge in [0.05, 0.1) is 0 Å². The first-order valence-corrected chi connectivity index (χ1v) is 6.06. The summed E-state index contributed by atoms with van der Waals surface area (Å²) in [5.74, 6) is 0.209. The molecule has 0 aliphatic rings. The maximum Gasteiger partial charge on any atom is 0.225 e. The average Bonchev–Trinajstić information content (AvgIpc) is 2.24. The summed E-state index contributed by atoms with van der Waals surface area (Å²) in [5, 5.41) is 0. The second-order valence-electron chi connectivity index (χ2n) is 4.96. The number of rotatable bonds is 4. The Morgan fingerprint density at radius 2 is 1.94 bits per heavy atom. The van der Waals surface area contributed by atoms with E-state index < -0.39 is 0 Å². The van der Waals surface area contributed by atoms with Gasteiger partial charge in [-0.1, -0.05) is 26.0 Å². The van der Waals surface area contributed by atoms with Gasteiger partial charge in [-0.05, 0) is 31.5 Å². The molecule has 0 aromatic heterocycles. The molecule has 1 amide bonds. The zero-order chi connectivity index (χ0) is 13.0. The van der Waals surface area contributed by atoms with E-state index in [9.17, 15) is 4.79 Å². The Morgan fingerprint density at radius 1 is 1.29 bits per heavy atom. The predicted molar refractivity (Wildman–Crippen MR) is 71.4 cm³/mol. The minimum Gasteiger partial charge on any atom is -0.399 e. The number of anilines is 1. The fraction of sp³-hybridized carbons (Fsp3) is 0.500. The number of carbonyl (C=O) groups excluding carboxylic acids is 1. The minimum atomic E-state index is 0.0264. The molecule has 17 heavy (non-hydrogen) atoms. The zero-order valence-corrected chi connectivity index (χ0v) is 11.1. The van der Waals surface area contributed by atoms with Crippen molar-refractivity contribution in [2.75, 3.05) is 5.73 Å². The number of carbonyl (C=O) groups is 1. The van der Waals surface area contributed by atoms with Crippen LogP contribution >= 0.6 is 0 Å². The highest BCUT2D eigenvalue weighted by atomic mass is 16.2. The number of hydrogen-bond donors (Lipinski definition) is 1. The highest BCUT2D eigenvalue weighted by Crippen LogP contribution is 2.14. The predicted octanol–water partition coefficient (Wildman–Crippen LogP) is 2.66. The Kier molecular flexibility index (Phi) is 4.55. The van der Waals surface area contributed by atoms with Crippen molar-refractivity contribution in [2.45, 2.75) is 40.3 Å². The van der Waals surface area contributed by atoms with Gasteiger partial charge in [-0.3, -0.25) is 4.79 Å². The molecule has 94 valence electrons. The Balaban J connectivity index is 2.84. The maximum atomic E-state index is 12.1. The number of nitrogens with zero attached hydrogens (tertiary/aromatic N) is 1. The summed E-state index contributed by atoms with van der Waals surface area (Å²) in [6, 6.07) is 7.89. The van der Waals surface area contributed by atoms with Crippen molar-refractivity contribution >= 4 is 11.6 Å². The van der Waals surface area contributed by atoms with Crippen LogP contribution in [0.25, 0.3) is 0 Å². The van der Waals surface area contributed by atoms with Crippen LogP contribution in [0.15, 0.2) is 24.3 Å². The molecular formula is C14H22N2O. The summed E-state index contributed by atoms with van der Waals surface area (Å²) in [6.07, 6.45) is 0. The van der Waals surface area contributed by atoms with Crippen LogP contribution in [0.1, 0.15) is 33.3 Å². The first-order chi connectivity index (χ1) is 7.91. The van der Waals surface area contributed by atoms with Crippen molar-refractivity contribution in [3.63, 3.8) is 0 Å². The third kappa shape index (κ3) is 3.77. The van der Waals surface area contributed by atoms with Crippen molar-refractivity contribution < 1.29 is 4.79 Å². The van der Waals surface area contributed by atoms with Gasteiger partial charge in [-0.15, -0.1) is 0 Å². The molecule has 1 aromatic rings. The molecule has 1 rings (SSSR count). The first kappa shape index (κ1) is 13.6. The molecule has 1 aromatic carbocycles. The lowest BCUT2D eigenvalue weighted by molar-refractivity contribution is -0.136. The lowest BCUT2D eigenvalue weighted by Crippen LogP contribution is -2.38. The molecule has 0 bridgehead atoms. The van der Waals surface area contributed by atoms with Crippen molar-refractivity contribution in [3.8, 4) is 0 Å². The van der Waals surface area contributed by atoms with E-state index in [0.29, 0.717) is 6.54 Å². The van der Waals surface area contributed by atoms with Crippen LogP contribution < -0.4 is 5.73 Å². The van der Waals surface area contributed by atoms with Gasteiger partial charge in [0, 0.05) is 24.2 Å². The van der Waals surface area contributed by atoms with Crippen LogP contribution in [0.4, 0.5) is 5.69 Å². The third-order valence-electron chi connectivity index (χ3n) is 2.70. The molecule has 0 saturated carbocycles. The molecular weight excluding hydrogens is 212 g/mol. The van der Waals surface area contributed by atoms with Gasteiger partial charge in [-0.2, -0.15) is 0 Å². The number of hydrogen-bond acceptors (Lipinski definition) is 2. The molecule has 0 heterocycles. The summed E-state index contributed by atoms with van der Waals surface area (Å²) < 4.78 is 0. The quantitative estimate of drug-likeness (QED) is 0.814. The summed E-state index contributed by atoms with van der Waals surface area (Å²) in [6.45, 7) is 8.55. The van der Waals surface area contributed by atoms with Crippen LogP contribution in [0.5, 0.6) is 0 Å². The largest absolute Gasteiger partial charge is 0.399 e. The van der Waals surface area contributed by atoms with Crippen molar-refractivity contribution in [3.05, 3.63) is 29.8 Å². The lowest BCUT2D eigenvalue weighted by Gasteiger charge is -2.28. The van der Waals surface area contributed by atoms with Gasteiger partial charge in [-0.25, -0.2) is 0 Å². The molecule has 0 aliphatic heterocycles. The van der Waals surface area contributed by atoms with Gasteiger partial charge >= 0.3 is 0 Å². The molecule has 3 nitrogen and oxygen atoms in total. The summed E-state index contributed by atoms with van der Waals surface area (Å²) in [5.41, 5.74) is 7.56. The summed E-state index contributed by atoms with van der Waals surface area (Å²) >= 11 is 0. The fourth-order valence-electron chi connectivity index (χ4n) is 1.73. The number of nitrogen functional groups attached to an aromatic ring is 1. The lowest BCUT2D eigenvalue weighted by atomic mass is 10.1. The van der Waals surface area contributed by atoms with Crippen LogP contribution in [-0.4, -0.2) is 16.8 Å². The molecule has 0 fully saturated rings. The molecule has 0 aliphatic carbocycles. The number of amides is 1. The van der Waals surface area contributed by atoms with Crippen LogP contribution in [-0.2, 0) is 11.3 Å². The SMILES string of the molecule is CC(C)C(=O)N(Cc1cccc(N)c1)C(C)C. The smallest absolute Gasteiger partial charge is 0.225 e. The number of nitrogens with two attached hydrogens (primary N) is 1. The molecule has 0 spiro atoms. The maximum absolute atomic E-state index is 12.1.